The number of aromatic nitrogens is 1. The Kier molecular flexibility index (Phi) is 5.93. The zero-order valence-corrected chi connectivity index (χ0v) is 17.1. The highest BCUT2D eigenvalue weighted by Crippen LogP contribution is 2.28. The minimum absolute atomic E-state index is 0.351. The smallest absolute Gasteiger partial charge is 0.272 e. The van der Waals surface area contributed by atoms with Crippen molar-refractivity contribution in [1.29, 1.82) is 0 Å². The summed E-state index contributed by atoms with van der Waals surface area (Å²) >= 11 is 12.0. The number of amides is 1. The average molecular weight is 436 g/mol. The van der Waals surface area contributed by atoms with Crippen LogP contribution in [0.5, 0.6) is 0 Å². The normalized spacial score (nSPS) is 11.0. The van der Waals surface area contributed by atoms with Gasteiger partial charge in [-0.15, -0.1) is 0 Å². The van der Waals surface area contributed by atoms with Crippen molar-refractivity contribution in [3.8, 4) is 22.8 Å². The quantitative estimate of drug-likeness (QED) is 0.305. The Morgan fingerprint density at radius 3 is 2.57 bits per heavy atom. The number of halogens is 2. The summed E-state index contributed by atoms with van der Waals surface area (Å²) in [6.07, 6.45) is 3.10. The maximum atomic E-state index is 12.7. The predicted octanol–water partition coefficient (Wildman–Crippen LogP) is 6.08. The molecule has 0 saturated heterocycles. The van der Waals surface area contributed by atoms with Gasteiger partial charge in [0, 0.05) is 21.7 Å². The van der Waals surface area contributed by atoms with Gasteiger partial charge >= 0.3 is 0 Å². The van der Waals surface area contributed by atoms with Gasteiger partial charge in [-0.3, -0.25) is 4.79 Å². The molecule has 0 radical (unpaired) electrons. The summed E-state index contributed by atoms with van der Waals surface area (Å²) < 4.78 is 5.89. The molecule has 148 valence electrons. The van der Waals surface area contributed by atoms with Gasteiger partial charge < -0.3 is 4.42 Å². The molecular formula is C23H15Cl2N3O2. The van der Waals surface area contributed by atoms with Gasteiger partial charge in [0.15, 0.2) is 5.76 Å². The molecule has 0 spiro atoms. The summed E-state index contributed by atoms with van der Waals surface area (Å²) in [4.78, 5) is 17.0. The van der Waals surface area contributed by atoms with Crippen LogP contribution in [0.3, 0.4) is 0 Å². The van der Waals surface area contributed by atoms with Crippen LogP contribution in [0.4, 0.5) is 0 Å². The Bertz CT molecular complexity index is 1220. The average Bonchev–Trinajstić information content (AvgIpc) is 3.26. The maximum absolute atomic E-state index is 12.7. The molecule has 0 bridgehead atoms. The van der Waals surface area contributed by atoms with E-state index in [4.69, 9.17) is 27.6 Å². The molecule has 0 aliphatic rings. The number of nitrogens with one attached hydrogen (secondary N) is 1. The van der Waals surface area contributed by atoms with Crippen molar-refractivity contribution in [2.24, 2.45) is 5.10 Å². The van der Waals surface area contributed by atoms with Gasteiger partial charge in [0.1, 0.15) is 0 Å². The summed E-state index contributed by atoms with van der Waals surface area (Å²) in [5.74, 6) is 0.576. The van der Waals surface area contributed by atoms with Crippen molar-refractivity contribution < 1.29 is 9.21 Å². The van der Waals surface area contributed by atoms with Gasteiger partial charge in [-0.1, -0.05) is 71.7 Å². The molecule has 3 aromatic carbocycles. The monoisotopic (exact) mass is 435 g/mol. The Balaban J connectivity index is 1.55. The first-order valence-electron chi connectivity index (χ1n) is 9.01. The summed E-state index contributed by atoms with van der Waals surface area (Å²) in [7, 11) is 0. The van der Waals surface area contributed by atoms with Crippen LogP contribution in [-0.2, 0) is 0 Å². The minimum Gasteiger partial charge on any atom is -0.436 e. The molecule has 0 saturated carbocycles. The fraction of sp³-hybridized carbons (Fsp3) is 0. The van der Waals surface area contributed by atoms with Gasteiger partial charge in [0.05, 0.1) is 23.0 Å². The Morgan fingerprint density at radius 1 is 1.00 bits per heavy atom. The van der Waals surface area contributed by atoms with Crippen molar-refractivity contribution in [2.45, 2.75) is 0 Å². The van der Waals surface area contributed by atoms with Crippen LogP contribution >= 0.6 is 23.2 Å². The molecule has 1 heterocycles. The molecular weight excluding hydrogens is 421 g/mol. The second-order valence-electron chi connectivity index (χ2n) is 6.31. The van der Waals surface area contributed by atoms with Gasteiger partial charge in [-0.25, -0.2) is 10.4 Å². The number of hydrogen-bond donors (Lipinski definition) is 1. The number of carbonyl (C=O) groups is 1. The van der Waals surface area contributed by atoms with Gasteiger partial charge in [-0.05, 0) is 24.3 Å². The van der Waals surface area contributed by atoms with Crippen molar-refractivity contribution in [3.63, 3.8) is 0 Å². The maximum Gasteiger partial charge on any atom is 0.272 e. The van der Waals surface area contributed by atoms with Crippen LogP contribution in [0.2, 0.25) is 10.0 Å². The number of hydrogen-bond acceptors (Lipinski definition) is 4. The van der Waals surface area contributed by atoms with E-state index in [0.29, 0.717) is 38.4 Å². The molecule has 0 aliphatic carbocycles. The van der Waals surface area contributed by atoms with Crippen LogP contribution in [-0.4, -0.2) is 17.1 Å². The van der Waals surface area contributed by atoms with E-state index >= 15 is 0 Å². The first-order chi connectivity index (χ1) is 14.6. The predicted molar refractivity (Wildman–Crippen MR) is 119 cm³/mol. The lowest BCUT2D eigenvalue weighted by molar-refractivity contribution is 0.0955. The largest absolute Gasteiger partial charge is 0.436 e. The molecule has 4 rings (SSSR count). The van der Waals surface area contributed by atoms with E-state index < -0.39 is 5.91 Å². The number of benzene rings is 3. The third-order valence-electron chi connectivity index (χ3n) is 4.30. The fourth-order valence-electron chi connectivity index (χ4n) is 2.83. The summed E-state index contributed by atoms with van der Waals surface area (Å²) in [6.45, 7) is 0. The topological polar surface area (TPSA) is 67.5 Å². The Labute approximate surface area is 183 Å². The molecule has 0 aliphatic heterocycles. The number of carbonyl (C=O) groups excluding carboxylic acids is 1. The van der Waals surface area contributed by atoms with Crippen molar-refractivity contribution in [1.82, 2.24) is 10.4 Å². The molecule has 1 amide bonds. The van der Waals surface area contributed by atoms with E-state index in [9.17, 15) is 4.79 Å². The number of hydrazone groups is 1. The second kappa shape index (κ2) is 8.95. The zero-order chi connectivity index (χ0) is 20.9. The number of rotatable bonds is 5. The van der Waals surface area contributed by atoms with Crippen molar-refractivity contribution in [3.05, 3.63) is 100 Å². The van der Waals surface area contributed by atoms with Crippen LogP contribution in [0.1, 0.15) is 15.9 Å². The first-order valence-corrected chi connectivity index (χ1v) is 9.76. The van der Waals surface area contributed by atoms with E-state index in [1.54, 1.807) is 42.6 Å². The molecule has 4 aromatic rings. The van der Waals surface area contributed by atoms with Gasteiger partial charge in [0.25, 0.3) is 5.91 Å². The Morgan fingerprint density at radius 2 is 1.77 bits per heavy atom. The van der Waals surface area contributed by atoms with E-state index in [0.717, 1.165) is 5.56 Å². The van der Waals surface area contributed by atoms with Crippen LogP contribution in [0, 0.1) is 0 Å². The van der Waals surface area contributed by atoms with Crippen LogP contribution < -0.4 is 5.43 Å². The van der Waals surface area contributed by atoms with E-state index in [1.807, 2.05) is 36.4 Å². The fourth-order valence-corrected chi connectivity index (χ4v) is 3.29. The molecule has 5 nitrogen and oxygen atoms in total. The number of nitrogens with zero attached hydrogens (tertiary/aromatic N) is 2. The third kappa shape index (κ3) is 4.43. The highest BCUT2D eigenvalue weighted by molar-refractivity contribution is 6.36. The van der Waals surface area contributed by atoms with E-state index in [2.05, 4.69) is 15.5 Å². The van der Waals surface area contributed by atoms with Gasteiger partial charge in [-0.2, -0.15) is 5.10 Å². The van der Waals surface area contributed by atoms with Crippen LogP contribution in [0.25, 0.3) is 22.8 Å². The highest BCUT2D eigenvalue weighted by atomic mass is 35.5. The van der Waals surface area contributed by atoms with Gasteiger partial charge in [0.2, 0.25) is 5.89 Å². The summed E-state index contributed by atoms with van der Waals surface area (Å²) in [5.41, 5.74) is 5.00. The van der Waals surface area contributed by atoms with Crippen LogP contribution in [0.15, 0.2) is 88.5 Å². The number of oxazole rings is 1. The lowest BCUT2D eigenvalue weighted by Gasteiger charge is -2.05. The Hall–Kier alpha value is -3.41. The molecule has 0 fully saturated rings. The first kappa shape index (κ1) is 19.9. The second-order valence-corrected chi connectivity index (χ2v) is 7.15. The molecule has 1 N–H and O–H groups in total. The minimum atomic E-state index is -0.397. The van der Waals surface area contributed by atoms with Crippen molar-refractivity contribution >= 4 is 35.3 Å². The molecule has 0 unspecified atom stereocenters. The van der Waals surface area contributed by atoms with Crippen molar-refractivity contribution in [2.75, 3.05) is 0 Å². The van der Waals surface area contributed by atoms with E-state index in [-0.39, 0.29) is 0 Å². The molecule has 30 heavy (non-hydrogen) atoms. The molecule has 7 heteroatoms. The molecule has 1 aromatic heterocycles. The lowest BCUT2D eigenvalue weighted by atomic mass is 10.1. The SMILES string of the molecule is O=C(N/N=C/c1ccc(Cl)cc1Cl)c1ccccc1-c1ncc(-c2ccccc2)o1. The lowest BCUT2D eigenvalue weighted by Crippen LogP contribution is -2.18. The zero-order valence-electron chi connectivity index (χ0n) is 15.5. The standard InChI is InChI=1S/C23H15Cl2N3O2/c24-17-11-10-16(20(25)12-17)13-27-28-22(29)18-8-4-5-9-19(18)23-26-14-21(30-23)15-6-2-1-3-7-15/h1-14H,(H,28,29)/b27-13+. The summed E-state index contributed by atoms with van der Waals surface area (Å²) in [5, 5.41) is 4.96. The third-order valence-corrected chi connectivity index (χ3v) is 4.86. The van der Waals surface area contributed by atoms with E-state index in [1.165, 1.54) is 6.21 Å². The molecule has 0 atom stereocenters. The highest BCUT2D eigenvalue weighted by Gasteiger charge is 2.16. The summed E-state index contributed by atoms with van der Waals surface area (Å²) in [6, 6.07) is 21.7.